The second-order valence-corrected chi connectivity index (χ2v) is 6.43. The van der Waals surface area contributed by atoms with Crippen LogP contribution in [0.3, 0.4) is 0 Å². The van der Waals surface area contributed by atoms with Crippen LogP contribution in [0.15, 0.2) is 41.4 Å². The molecule has 0 spiro atoms. The highest BCUT2D eigenvalue weighted by molar-refractivity contribution is 8.13. The van der Waals surface area contributed by atoms with Gasteiger partial charge in [0.2, 0.25) is 11.6 Å². The van der Waals surface area contributed by atoms with Gasteiger partial charge in [0, 0.05) is 16.7 Å². The molecule has 0 aliphatic carbocycles. The SMILES string of the molecule is COc1cccc(OC)c1Oc1ccc(S(=O)(=O)Cl)cn1. The van der Waals surface area contributed by atoms with Gasteiger partial charge in [-0.3, -0.25) is 0 Å². The van der Waals surface area contributed by atoms with Crippen LogP contribution in [0.2, 0.25) is 0 Å². The van der Waals surface area contributed by atoms with Crippen molar-refractivity contribution in [2.45, 2.75) is 4.90 Å². The molecule has 0 fully saturated rings. The standard InChI is InChI=1S/C13H12ClNO5S/c1-18-10-4-3-5-11(19-2)13(10)20-12-7-6-9(8-15-12)21(14,16)17/h3-8H,1-2H3. The molecule has 21 heavy (non-hydrogen) atoms. The Morgan fingerprint density at radius 3 is 2.10 bits per heavy atom. The predicted octanol–water partition coefficient (Wildman–Crippen LogP) is 2.82. The summed E-state index contributed by atoms with van der Waals surface area (Å²) in [6.07, 6.45) is 1.11. The van der Waals surface area contributed by atoms with Gasteiger partial charge in [0.15, 0.2) is 11.5 Å². The highest BCUT2D eigenvalue weighted by atomic mass is 35.7. The molecule has 0 radical (unpaired) electrons. The molecule has 0 aliphatic heterocycles. The smallest absolute Gasteiger partial charge is 0.262 e. The summed E-state index contributed by atoms with van der Waals surface area (Å²) in [7, 11) is 4.40. The summed E-state index contributed by atoms with van der Waals surface area (Å²) < 4.78 is 38.3. The molecule has 8 heteroatoms. The van der Waals surface area contributed by atoms with E-state index in [9.17, 15) is 8.42 Å². The number of pyridine rings is 1. The monoisotopic (exact) mass is 329 g/mol. The van der Waals surface area contributed by atoms with Gasteiger partial charge in [-0.05, 0) is 18.2 Å². The van der Waals surface area contributed by atoms with Crippen molar-refractivity contribution in [2.75, 3.05) is 14.2 Å². The van der Waals surface area contributed by atoms with Crippen LogP contribution in [0.4, 0.5) is 0 Å². The summed E-state index contributed by atoms with van der Waals surface area (Å²) >= 11 is 0. The molecule has 2 rings (SSSR count). The first-order valence-electron chi connectivity index (χ1n) is 5.75. The quantitative estimate of drug-likeness (QED) is 0.785. The van der Waals surface area contributed by atoms with E-state index in [1.54, 1.807) is 18.2 Å². The number of methoxy groups -OCH3 is 2. The van der Waals surface area contributed by atoms with E-state index in [1.165, 1.54) is 26.4 Å². The van der Waals surface area contributed by atoms with Gasteiger partial charge in [-0.25, -0.2) is 13.4 Å². The van der Waals surface area contributed by atoms with Crippen molar-refractivity contribution in [2.24, 2.45) is 0 Å². The van der Waals surface area contributed by atoms with Gasteiger partial charge in [-0.15, -0.1) is 0 Å². The Balaban J connectivity index is 2.34. The minimum Gasteiger partial charge on any atom is -0.493 e. The minimum atomic E-state index is -3.81. The fourth-order valence-corrected chi connectivity index (χ4v) is 2.28. The summed E-state index contributed by atoms with van der Waals surface area (Å²) in [5.74, 6) is 1.45. The van der Waals surface area contributed by atoms with Crippen LogP contribution in [0.1, 0.15) is 0 Å². The van der Waals surface area contributed by atoms with Gasteiger partial charge in [0.1, 0.15) is 4.90 Å². The van der Waals surface area contributed by atoms with Crippen LogP contribution >= 0.6 is 10.7 Å². The molecule has 0 aliphatic rings. The summed E-state index contributed by atoms with van der Waals surface area (Å²) in [6, 6.07) is 7.85. The van der Waals surface area contributed by atoms with Crippen LogP contribution in [0, 0.1) is 0 Å². The van der Waals surface area contributed by atoms with Crippen LogP contribution in [-0.4, -0.2) is 27.6 Å². The number of halogens is 1. The number of rotatable bonds is 5. The molecule has 1 heterocycles. The zero-order valence-corrected chi connectivity index (χ0v) is 12.8. The van der Waals surface area contributed by atoms with Crippen molar-refractivity contribution in [1.29, 1.82) is 0 Å². The van der Waals surface area contributed by atoms with Gasteiger partial charge in [-0.1, -0.05) is 6.07 Å². The fraction of sp³-hybridized carbons (Fsp3) is 0.154. The predicted molar refractivity (Wildman–Crippen MR) is 76.9 cm³/mol. The molecule has 2 aromatic rings. The minimum absolute atomic E-state index is 0.108. The molecule has 0 unspecified atom stereocenters. The maximum Gasteiger partial charge on any atom is 0.262 e. The molecule has 0 N–H and O–H groups in total. The first kappa shape index (κ1) is 15.4. The lowest BCUT2D eigenvalue weighted by Crippen LogP contribution is -1.97. The second-order valence-electron chi connectivity index (χ2n) is 3.86. The van der Waals surface area contributed by atoms with Crippen LogP contribution in [-0.2, 0) is 9.05 Å². The van der Waals surface area contributed by atoms with E-state index in [1.807, 2.05) is 0 Å². The first-order valence-corrected chi connectivity index (χ1v) is 8.06. The molecule has 1 aromatic heterocycles. The number of para-hydroxylation sites is 1. The van der Waals surface area contributed by atoms with Gasteiger partial charge in [0.05, 0.1) is 20.4 Å². The number of benzene rings is 1. The van der Waals surface area contributed by atoms with E-state index in [4.69, 9.17) is 24.9 Å². The van der Waals surface area contributed by atoms with Crippen molar-refractivity contribution < 1.29 is 22.6 Å². The Bertz CT molecular complexity index is 708. The van der Waals surface area contributed by atoms with E-state index in [-0.39, 0.29) is 10.8 Å². The lowest BCUT2D eigenvalue weighted by atomic mass is 10.3. The largest absolute Gasteiger partial charge is 0.493 e. The van der Waals surface area contributed by atoms with Crippen molar-refractivity contribution in [1.82, 2.24) is 4.98 Å². The highest BCUT2D eigenvalue weighted by Crippen LogP contribution is 2.39. The van der Waals surface area contributed by atoms with E-state index in [0.29, 0.717) is 17.2 Å². The Morgan fingerprint density at radius 2 is 1.67 bits per heavy atom. The lowest BCUT2D eigenvalue weighted by molar-refractivity contribution is 0.342. The highest BCUT2D eigenvalue weighted by Gasteiger charge is 2.14. The number of hydrogen-bond acceptors (Lipinski definition) is 6. The van der Waals surface area contributed by atoms with Crippen molar-refractivity contribution in [3.05, 3.63) is 36.5 Å². The topological polar surface area (TPSA) is 74.7 Å². The number of nitrogens with zero attached hydrogens (tertiary/aromatic N) is 1. The third-order valence-electron chi connectivity index (χ3n) is 2.58. The number of aromatic nitrogens is 1. The Kier molecular flexibility index (Phi) is 4.54. The third-order valence-corrected chi connectivity index (χ3v) is 3.92. The summed E-state index contributed by atoms with van der Waals surface area (Å²) in [5.41, 5.74) is 0. The normalized spacial score (nSPS) is 11.0. The number of hydrogen-bond donors (Lipinski definition) is 0. The van der Waals surface area contributed by atoms with Crippen LogP contribution < -0.4 is 14.2 Å². The Hall–Kier alpha value is -1.99. The van der Waals surface area contributed by atoms with Crippen molar-refractivity contribution >= 4 is 19.7 Å². The molecule has 0 saturated carbocycles. The molecule has 112 valence electrons. The van der Waals surface area contributed by atoms with E-state index in [0.717, 1.165) is 6.20 Å². The second kappa shape index (κ2) is 6.19. The van der Waals surface area contributed by atoms with E-state index < -0.39 is 9.05 Å². The van der Waals surface area contributed by atoms with Gasteiger partial charge >= 0.3 is 0 Å². The van der Waals surface area contributed by atoms with E-state index in [2.05, 4.69) is 4.98 Å². The summed E-state index contributed by atoms with van der Waals surface area (Å²) in [4.78, 5) is 3.79. The van der Waals surface area contributed by atoms with E-state index >= 15 is 0 Å². The third kappa shape index (κ3) is 3.56. The van der Waals surface area contributed by atoms with Crippen molar-refractivity contribution in [3.8, 4) is 23.1 Å². The van der Waals surface area contributed by atoms with Gasteiger partial charge in [-0.2, -0.15) is 0 Å². The van der Waals surface area contributed by atoms with Crippen LogP contribution in [0.25, 0.3) is 0 Å². The Morgan fingerprint density at radius 1 is 1.05 bits per heavy atom. The zero-order chi connectivity index (χ0) is 15.5. The molecule has 0 bridgehead atoms. The maximum absolute atomic E-state index is 11.1. The van der Waals surface area contributed by atoms with Crippen molar-refractivity contribution in [3.63, 3.8) is 0 Å². The molecule has 0 saturated heterocycles. The fourth-order valence-electron chi connectivity index (χ4n) is 1.59. The molecule has 0 amide bonds. The summed E-state index contributed by atoms with van der Waals surface area (Å²) in [5, 5.41) is 0. The molecule has 6 nitrogen and oxygen atoms in total. The Labute approximate surface area is 126 Å². The first-order chi connectivity index (χ1) is 9.95. The van der Waals surface area contributed by atoms with Gasteiger partial charge < -0.3 is 14.2 Å². The average Bonchev–Trinajstić information content (AvgIpc) is 2.47. The molecule has 0 atom stereocenters. The maximum atomic E-state index is 11.1. The average molecular weight is 330 g/mol. The zero-order valence-electron chi connectivity index (χ0n) is 11.2. The van der Waals surface area contributed by atoms with Crippen LogP contribution in [0.5, 0.6) is 23.1 Å². The van der Waals surface area contributed by atoms with Gasteiger partial charge in [0.25, 0.3) is 9.05 Å². The molecule has 1 aromatic carbocycles. The molecular weight excluding hydrogens is 318 g/mol. The molecular formula is C13H12ClNO5S. The lowest BCUT2D eigenvalue weighted by Gasteiger charge is -2.13. The number of ether oxygens (including phenoxy) is 3. The summed E-state index contributed by atoms with van der Waals surface area (Å²) in [6.45, 7) is 0.